The summed E-state index contributed by atoms with van der Waals surface area (Å²) >= 11 is 0. The fraction of sp³-hybridized carbons (Fsp3) is 0.273. The van der Waals surface area contributed by atoms with Gasteiger partial charge in [0.25, 0.3) is 0 Å². The molecule has 0 N–H and O–H groups in total. The fourth-order valence-electron chi connectivity index (χ4n) is 1.47. The van der Waals surface area contributed by atoms with Crippen molar-refractivity contribution in [3.63, 3.8) is 0 Å². The van der Waals surface area contributed by atoms with Crippen molar-refractivity contribution in [2.75, 3.05) is 0 Å². The Balaban J connectivity index is 2.64. The molecule has 0 bridgehead atoms. The minimum absolute atomic E-state index is 0.939. The molecule has 0 amide bonds. The number of fused-ring (bicyclic) bond motifs is 1. The lowest BCUT2D eigenvalue weighted by Gasteiger charge is -2.01. The topological polar surface area (TPSA) is 25.2 Å². The third kappa shape index (κ3) is 1.52. The monoisotopic (exact) mass is 172 g/mol. The number of aliphatic imine (C=N–C) groups is 1. The van der Waals surface area contributed by atoms with Gasteiger partial charge < -0.3 is 0 Å². The van der Waals surface area contributed by atoms with Crippen molar-refractivity contribution < 1.29 is 0 Å². The largest absolute Gasteiger partial charge is 0.259 e. The molecular weight excluding hydrogens is 160 g/mol. The van der Waals surface area contributed by atoms with Crippen LogP contribution in [0.15, 0.2) is 22.8 Å². The maximum atomic E-state index is 4.40. The van der Waals surface area contributed by atoms with Gasteiger partial charge in [0.2, 0.25) is 0 Å². The molecule has 0 saturated heterocycles. The number of pyridine rings is 1. The third-order valence-corrected chi connectivity index (χ3v) is 2.17. The van der Waals surface area contributed by atoms with Crippen molar-refractivity contribution in [3.05, 3.63) is 29.1 Å². The van der Waals surface area contributed by atoms with Gasteiger partial charge in [-0.15, -0.1) is 0 Å². The first-order valence-electron chi connectivity index (χ1n) is 4.42. The van der Waals surface area contributed by atoms with Gasteiger partial charge in [0.05, 0.1) is 11.4 Å². The first-order valence-corrected chi connectivity index (χ1v) is 4.42. The second-order valence-corrected chi connectivity index (χ2v) is 3.34. The highest BCUT2D eigenvalue weighted by Gasteiger charge is 2.05. The van der Waals surface area contributed by atoms with E-state index in [4.69, 9.17) is 0 Å². The maximum absolute atomic E-state index is 4.40. The van der Waals surface area contributed by atoms with Crippen LogP contribution in [-0.4, -0.2) is 11.2 Å². The number of hydrogen-bond donors (Lipinski definition) is 0. The summed E-state index contributed by atoms with van der Waals surface area (Å²) in [6.07, 6.45) is 6.90. The average molecular weight is 172 g/mol. The van der Waals surface area contributed by atoms with Crippen molar-refractivity contribution in [1.29, 1.82) is 0 Å². The van der Waals surface area contributed by atoms with Crippen LogP contribution in [0, 0.1) is 6.92 Å². The summed E-state index contributed by atoms with van der Waals surface area (Å²) in [5, 5.41) is 0. The summed E-state index contributed by atoms with van der Waals surface area (Å²) in [6.45, 7) is 4.11. The predicted molar refractivity (Wildman–Crippen MR) is 55.4 cm³/mol. The Labute approximate surface area is 78.0 Å². The van der Waals surface area contributed by atoms with Crippen molar-refractivity contribution in [3.8, 4) is 0 Å². The number of rotatable bonds is 0. The standard InChI is InChI=1S/C11H12N2/c1-8-3-5-13-11-9(2)12-6-4-10(11)7-8/h4-7H,3H2,1-2H3. The molecule has 0 saturated carbocycles. The zero-order valence-electron chi connectivity index (χ0n) is 7.91. The van der Waals surface area contributed by atoms with Crippen LogP contribution in [-0.2, 0) is 0 Å². The molecular formula is C11H12N2. The van der Waals surface area contributed by atoms with Crippen LogP contribution in [0.5, 0.6) is 0 Å². The molecule has 0 radical (unpaired) electrons. The van der Waals surface area contributed by atoms with E-state index in [1.54, 1.807) is 0 Å². The smallest absolute Gasteiger partial charge is 0.0910 e. The first kappa shape index (κ1) is 8.17. The molecule has 66 valence electrons. The van der Waals surface area contributed by atoms with E-state index in [0.717, 1.165) is 17.8 Å². The van der Waals surface area contributed by atoms with E-state index in [2.05, 4.69) is 23.0 Å². The van der Waals surface area contributed by atoms with Crippen molar-refractivity contribution >= 4 is 18.0 Å². The Morgan fingerprint density at radius 2 is 2.15 bits per heavy atom. The van der Waals surface area contributed by atoms with Gasteiger partial charge in [-0.25, -0.2) is 0 Å². The lowest BCUT2D eigenvalue weighted by molar-refractivity contribution is 1.18. The molecule has 2 nitrogen and oxygen atoms in total. The SMILES string of the molecule is CC1=Cc2ccnc(C)c2N=CC1. The van der Waals surface area contributed by atoms with Crippen molar-refractivity contribution in [1.82, 2.24) is 4.98 Å². The molecule has 1 aromatic heterocycles. The van der Waals surface area contributed by atoms with Gasteiger partial charge in [-0.2, -0.15) is 0 Å². The summed E-state index contributed by atoms with van der Waals surface area (Å²) in [4.78, 5) is 8.61. The van der Waals surface area contributed by atoms with Gasteiger partial charge in [0.1, 0.15) is 0 Å². The second kappa shape index (κ2) is 3.13. The van der Waals surface area contributed by atoms with E-state index < -0.39 is 0 Å². The first-order chi connectivity index (χ1) is 6.27. The van der Waals surface area contributed by atoms with Gasteiger partial charge in [-0.3, -0.25) is 9.98 Å². The highest BCUT2D eigenvalue weighted by atomic mass is 14.8. The molecule has 2 heteroatoms. The van der Waals surface area contributed by atoms with Crippen LogP contribution in [0.2, 0.25) is 0 Å². The highest BCUT2D eigenvalue weighted by molar-refractivity contribution is 5.78. The molecule has 0 unspecified atom stereocenters. The summed E-state index contributed by atoms with van der Waals surface area (Å²) in [5.41, 5.74) is 4.53. The predicted octanol–water partition coefficient (Wildman–Crippen LogP) is 2.90. The molecule has 1 aliphatic heterocycles. The Morgan fingerprint density at radius 3 is 3.00 bits per heavy atom. The van der Waals surface area contributed by atoms with Crippen LogP contribution in [0.4, 0.5) is 5.69 Å². The van der Waals surface area contributed by atoms with Gasteiger partial charge in [-0.05, 0) is 19.9 Å². The van der Waals surface area contributed by atoms with Gasteiger partial charge in [0.15, 0.2) is 0 Å². The summed E-state index contributed by atoms with van der Waals surface area (Å²) < 4.78 is 0. The van der Waals surface area contributed by atoms with Crippen molar-refractivity contribution in [2.45, 2.75) is 20.3 Å². The number of hydrogen-bond acceptors (Lipinski definition) is 2. The molecule has 2 rings (SSSR count). The normalized spacial score (nSPS) is 14.8. The Morgan fingerprint density at radius 1 is 1.31 bits per heavy atom. The van der Waals surface area contributed by atoms with Crippen LogP contribution in [0.1, 0.15) is 24.6 Å². The van der Waals surface area contributed by atoms with E-state index in [-0.39, 0.29) is 0 Å². The number of aryl methyl sites for hydroxylation is 1. The number of nitrogens with zero attached hydrogens (tertiary/aromatic N) is 2. The quantitative estimate of drug-likeness (QED) is 0.590. The van der Waals surface area contributed by atoms with Crippen molar-refractivity contribution in [2.24, 2.45) is 4.99 Å². The minimum Gasteiger partial charge on any atom is -0.259 e. The maximum Gasteiger partial charge on any atom is 0.0910 e. The Kier molecular flexibility index (Phi) is 1.97. The Bertz CT molecular complexity index is 389. The highest BCUT2D eigenvalue weighted by Crippen LogP contribution is 2.26. The van der Waals surface area contributed by atoms with Gasteiger partial charge in [-0.1, -0.05) is 11.6 Å². The van der Waals surface area contributed by atoms with Crippen LogP contribution < -0.4 is 0 Å². The third-order valence-electron chi connectivity index (χ3n) is 2.17. The zero-order valence-corrected chi connectivity index (χ0v) is 7.91. The molecule has 0 aliphatic carbocycles. The molecule has 0 atom stereocenters. The van der Waals surface area contributed by atoms with E-state index in [0.29, 0.717) is 0 Å². The van der Waals surface area contributed by atoms with Gasteiger partial charge >= 0.3 is 0 Å². The van der Waals surface area contributed by atoms with Crippen LogP contribution in [0.25, 0.3) is 6.08 Å². The lowest BCUT2D eigenvalue weighted by atomic mass is 10.1. The summed E-state index contributed by atoms with van der Waals surface area (Å²) in [5.74, 6) is 0. The summed E-state index contributed by atoms with van der Waals surface area (Å²) in [7, 11) is 0. The molecule has 0 aromatic carbocycles. The van der Waals surface area contributed by atoms with Crippen LogP contribution in [0.3, 0.4) is 0 Å². The molecule has 2 heterocycles. The molecule has 1 aromatic rings. The fourth-order valence-corrected chi connectivity index (χ4v) is 1.47. The molecule has 0 fully saturated rings. The lowest BCUT2D eigenvalue weighted by Crippen LogP contribution is -1.83. The number of allylic oxidation sites excluding steroid dienone is 1. The van der Waals surface area contributed by atoms with E-state index in [1.165, 1.54) is 11.1 Å². The second-order valence-electron chi connectivity index (χ2n) is 3.34. The van der Waals surface area contributed by atoms with E-state index in [1.807, 2.05) is 25.4 Å². The minimum atomic E-state index is 0.939. The van der Waals surface area contributed by atoms with E-state index in [9.17, 15) is 0 Å². The zero-order chi connectivity index (χ0) is 9.26. The summed E-state index contributed by atoms with van der Waals surface area (Å²) in [6, 6.07) is 2.01. The van der Waals surface area contributed by atoms with Gasteiger partial charge in [0, 0.05) is 24.4 Å². The Hall–Kier alpha value is -1.44. The molecule has 1 aliphatic rings. The van der Waals surface area contributed by atoms with Crippen LogP contribution >= 0.6 is 0 Å². The molecule has 0 spiro atoms. The number of aromatic nitrogens is 1. The van der Waals surface area contributed by atoms with E-state index >= 15 is 0 Å². The molecule has 13 heavy (non-hydrogen) atoms. The average Bonchev–Trinajstić information content (AvgIpc) is 2.27.